The lowest BCUT2D eigenvalue weighted by Crippen LogP contribution is -2.03. The standard InChI is InChI=1S/C14H12F3NO2/c15-12-3-1-2-9(13(12)19)8-18-10-4-6-11(7-5-10)20-14(16)17/h1-7,14,18-19H,8H2. The van der Waals surface area contributed by atoms with Crippen molar-refractivity contribution in [1.82, 2.24) is 0 Å². The van der Waals surface area contributed by atoms with Crippen molar-refractivity contribution in [2.75, 3.05) is 5.32 Å². The van der Waals surface area contributed by atoms with E-state index < -0.39 is 18.2 Å². The molecular weight excluding hydrogens is 271 g/mol. The van der Waals surface area contributed by atoms with E-state index in [-0.39, 0.29) is 12.3 Å². The number of phenols is 1. The van der Waals surface area contributed by atoms with Crippen LogP contribution in [0.4, 0.5) is 18.9 Å². The smallest absolute Gasteiger partial charge is 0.387 e. The first-order valence-electron chi connectivity index (χ1n) is 5.81. The maximum Gasteiger partial charge on any atom is 0.387 e. The van der Waals surface area contributed by atoms with E-state index in [1.54, 1.807) is 18.2 Å². The molecule has 0 fully saturated rings. The number of nitrogens with one attached hydrogen (secondary N) is 1. The van der Waals surface area contributed by atoms with Crippen molar-refractivity contribution < 1.29 is 23.0 Å². The first-order chi connectivity index (χ1) is 9.56. The Kier molecular flexibility index (Phi) is 4.34. The molecule has 3 nitrogen and oxygen atoms in total. The summed E-state index contributed by atoms with van der Waals surface area (Å²) in [5.74, 6) is -1.04. The van der Waals surface area contributed by atoms with Gasteiger partial charge in [-0.1, -0.05) is 12.1 Å². The van der Waals surface area contributed by atoms with Gasteiger partial charge in [0, 0.05) is 17.8 Å². The quantitative estimate of drug-likeness (QED) is 0.878. The predicted octanol–water partition coefficient (Wildman–Crippen LogP) is 3.74. The zero-order valence-corrected chi connectivity index (χ0v) is 10.3. The maximum atomic E-state index is 13.1. The molecule has 6 heteroatoms. The Morgan fingerprint density at radius 3 is 2.45 bits per heavy atom. The second kappa shape index (κ2) is 6.18. The number of benzene rings is 2. The fourth-order valence-electron chi connectivity index (χ4n) is 1.65. The monoisotopic (exact) mass is 283 g/mol. The van der Waals surface area contributed by atoms with E-state index in [1.165, 1.54) is 18.2 Å². The van der Waals surface area contributed by atoms with Gasteiger partial charge in [0.15, 0.2) is 11.6 Å². The third-order valence-electron chi connectivity index (χ3n) is 2.63. The van der Waals surface area contributed by atoms with E-state index in [9.17, 15) is 18.3 Å². The van der Waals surface area contributed by atoms with Crippen LogP contribution in [0.1, 0.15) is 5.56 Å². The first-order valence-corrected chi connectivity index (χ1v) is 5.81. The molecule has 20 heavy (non-hydrogen) atoms. The molecule has 2 aromatic carbocycles. The SMILES string of the molecule is Oc1c(F)cccc1CNc1ccc(OC(F)F)cc1. The number of hydrogen-bond donors (Lipinski definition) is 2. The molecule has 2 N–H and O–H groups in total. The Labute approximate surface area is 113 Å². The Morgan fingerprint density at radius 1 is 1.10 bits per heavy atom. The van der Waals surface area contributed by atoms with E-state index in [4.69, 9.17) is 0 Å². The summed E-state index contributed by atoms with van der Waals surface area (Å²) in [6, 6.07) is 10.1. The number of anilines is 1. The van der Waals surface area contributed by atoms with Crippen molar-refractivity contribution in [3.8, 4) is 11.5 Å². The molecule has 0 atom stereocenters. The number of hydrogen-bond acceptors (Lipinski definition) is 3. The Balaban J connectivity index is 1.99. The molecule has 0 bridgehead atoms. The van der Waals surface area contributed by atoms with Gasteiger partial charge in [-0.2, -0.15) is 8.78 Å². The maximum absolute atomic E-state index is 13.1. The van der Waals surface area contributed by atoms with Gasteiger partial charge in [-0.3, -0.25) is 0 Å². The molecule has 106 valence electrons. The van der Waals surface area contributed by atoms with E-state index in [0.29, 0.717) is 11.3 Å². The molecular formula is C14H12F3NO2. The summed E-state index contributed by atoms with van der Waals surface area (Å²) in [7, 11) is 0. The lowest BCUT2D eigenvalue weighted by molar-refractivity contribution is -0.0498. The summed E-state index contributed by atoms with van der Waals surface area (Å²) in [5.41, 5.74) is 1.04. The average molecular weight is 283 g/mol. The van der Waals surface area contributed by atoms with Gasteiger partial charge in [-0.25, -0.2) is 4.39 Å². The minimum atomic E-state index is -2.86. The lowest BCUT2D eigenvalue weighted by Gasteiger charge is -2.09. The number of phenolic OH excluding ortho intramolecular Hbond substituents is 1. The highest BCUT2D eigenvalue weighted by molar-refractivity contribution is 5.47. The number of para-hydroxylation sites is 1. The Hall–Kier alpha value is -2.37. The van der Waals surface area contributed by atoms with Crippen molar-refractivity contribution in [3.63, 3.8) is 0 Å². The van der Waals surface area contributed by atoms with E-state index in [2.05, 4.69) is 10.1 Å². The average Bonchev–Trinajstić information content (AvgIpc) is 2.41. The number of ether oxygens (including phenoxy) is 1. The number of aromatic hydroxyl groups is 1. The number of alkyl halides is 2. The van der Waals surface area contributed by atoms with Crippen molar-refractivity contribution in [3.05, 3.63) is 53.8 Å². The second-order valence-corrected chi connectivity index (χ2v) is 4.00. The van der Waals surface area contributed by atoms with Crippen LogP contribution in [0.15, 0.2) is 42.5 Å². The molecule has 0 spiro atoms. The first kappa shape index (κ1) is 14.0. The van der Waals surface area contributed by atoms with Crippen LogP contribution in [0.3, 0.4) is 0 Å². The molecule has 0 aliphatic rings. The number of rotatable bonds is 5. The molecule has 0 saturated heterocycles. The molecule has 0 aromatic heterocycles. The van der Waals surface area contributed by atoms with Crippen molar-refractivity contribution in [2.45, 2.75) is 13.2 Å². The zero-order chi connectivity index (χ0) is 14.5. The van der Waals surface area contributed by atoms with Crippen LogP contribution in [0.25, 0.3) is 0 Å². The molecule has 2 aromatic rings. The Morgan fingerprint density at radius 2 is 1.80 bits per heavy atom. The molecule has 0 aliphatic carbocycles. The predicted molar refractivity (Wildman–Crippen MR) is 68.5 cm³/mol. The van der Waals surface area contributed by atoms with Crippen molar-refractivity contribution in [1.29, 1.82) is 0 Å². The van der Waals surface area contributed by atoms with Gasteiger partial charge < -0.3 is 15.2 Å². The summed E-state index contributed by atoms with van der Waals surface area (Å²) in [6.45, 7) is -2.66. The highest BCUT2D eigenvalue weighted by Gasteiger charge is 2.06. The van der Waals surface area contributed by atoms with Crippen LogP contribution in [0, 0.1) is 5.82 Å². The summed E-state index contributed by atoms with van der Waals surface area (Å²) < 4.78 is 41.3. The Bertz CT molecular complexity index is 573. The van der Waals surface area contributed by atoms with Crippen LogP contribution in [-0.2, 0) is 6.54 Å². The molecule has 2 rings (SSSR count). The van der Waals surface area contributed by atoms with Crippen molar-refractivity contribution >= 4 is 5.69 Å². The normalized spacial score (nSPS) is 10.6. The van der Waals surface area contributed by atoms with Gasteiger partial charge >= 0.3 is 6.61 Å². The van der Waals surface area contributed by atoms with Gasteiger partial charge in [-0.15, -0.1) is 0 Å². The highest BCUT2D eigenvalue weighted by atomic mass is 19.3. The molecule has 0 aliphatic heterocycles. The molecule has 0 amide bonds. The summed E-state index contributed by atoms with van der Waals surface area (Å²) in [6.07, 6.45) is 0. The zero-order valence-electron chi connectivity index (χ0n) is 10.3. The van der Waals surface area contributed by atoms with E-state index >= 15 is 0 Å². The van der Waals surface area contributed by atoms with Gasteiger partial charge in [0.2, 0.25) is 0 Å². The molecule has 0 unspecified atom stereocenters. The van der Waals surface area contributed by atoms with Crippen LogP contribution in [-0.4, -0.2) is 11.7 Å². The molecule has 0 radical (unpaired) electrons. The van der Waals surface area contributed by atoms with Gasteiger partial charge in [0.1, 0.15) is 5.75 Å². The highest BCUT2D eigenvalue weighted by Crippen LogP contribution is 2.23. The van der Waals surface area contributed by atoms with Gasteiger partial charge in [-0.05, 0) is 30.3 Å². The fourth-order valence-corrected chi connectivity index (χ4v) is 1.65. The lowest BCUT2D eigenvalue weighted by atomic mass is 10.2. The van der Waals surface area contributed by atoms with Gasteiger partial charge in [0.25, 0.3) is 0 Å². The summed E-state index contributed by atoms with van der Waals surface area (Å²) in [5, 5.41) is 12.4. The third-order valence-corrected chi connectivity index (χ3v) is 2.63. The molecule has 0 heterocycles. The molecule has 0 saturated carbocycles. The minimum absolute atomic E-state index is 0.0548. The summed E-state index contributed by atoms with van der Waals surface area (Å²) >= 11 is 0. The van der Waals surface area contributed by atoms with Crippen LogP contribution < -0.4 is 10.1 Å². The van der Waals surface area contributed by atoms with E-state index in [1.807, 2.05) is 0 Å². The largest absolute Gasteiger partial charge is 0.505 e. The topological polar surface area (TPSA) is 41.5 Å². The van der Waals surface area contributed by atoms with E-state index in [0.717, 1.165) is 6.07 Å². The van der Waals surface area contributed by atoms with Crippen LogP contribution in [0.5, 0.6) is 11.5 Å². The van der Waals surface area contributed by atoms with Gasteiger partial charge in [0.05, 0.1) is 0 Å². The second-order valence-electron chi connectivity index (χ2n) is 4.00. The fraction of sp³-hybridized carbons (Fsp3) is 0.143. The number of halogens is 3. The summed E-state index contributed by atoms with van der Waals surface area (Å²) in [4.78, 5) is 0. The minimum Gasteiger partial charge on any atom is -0.505 e. The third kappa shape index (κ3) is 3.57. The van der Waals surface area contributed by atoms with Crippen molar-refractivity contribution in [2.24, 2.45) is 0 Å². The van der Waals surface area contributed by atoms with Crippen LogP contribution >= 0.6 is 0 Å². The van der Waals surface area contributed by atoms with Crippen LogP contribution in [0.2, 0.25) is 0 Å².